The predicted molar refractivity (Wildman–Crippen MR) is 106 cm³/mol. The maximum absolute atomic E-state index is 12.2. The van der Waals surface area contributed by atoms with Gasteiger partial charge in [-0.3, -0.25) is 9.89 Å². The van der Waals surface area contributed by atoms with Gasteiger partial charge in [0.1, 0.15) is 0 Å². The normalized spacial score (nSPS) is 11.3. The Hall–Kier alpha value is -2.96. The van der Waals surface area contributed by atoms with Gasteiger partial charge in [0.25, 0.3) is 5.91 Å². The lowest BCUT2D eigenvalue weighted by Crippen LogP contribution is -2.18. The summed E-state index contributed by atoms with van der Waals surface area (Å²) in [5, 5.41) is 13.1. The Morgan fingerprint density at radius 1 is 1.15 bits per heavy atom. The van der Waals surface area contributed by atoms with Crippen molar-refractivity contribution in [3.63, 3.8) is 0 Å². The molecule has 5 nitrogen and oxygen atoms in total. The van der Waals surface area contributed by atoms with E-state index < -0.39 is 0 Å². The SMILES string of the molecule is O=C(N/N=C\c1cccc2ccccc12)c1cc(-c2ccc(Cl)s2)[nH]n1. The van der Waals surface area contributed by atoms with Gasteiger partial charge >= 0.3 is 0 Å². The first-order valence-corrected chi connectivity index (χ1v) is 9.02. The Balaban J connectivity index is 1.48. The van der Waals surface area contributed by atoms with E-state index >= 15 is 0 Å². The number of hydrogen-bond acceptors (Lipinski definition) is 4. The van der Waals surface area contributed by atoms with E-state index in [-0.39, 0.29) is 11.6 Å². The van der Waals surface area contributed by atoms with Gasteiger partial charge in [-0.15, -0.1) is 11.3 Å². The molecule has 0 bridgehead atoms. The lowest BCUT2D eigenvalue weighted by atomic mass is 10.1. The second kappa shape index (κ2) is 7.11. The number of aromatic amines is 1. The summed E-state index contributed by atoms with van der Waals surface area (Å²) >= 11 is 7.35. The van der Waals surface area contributed by atoms with Crippen molar-refractivity contribution in [1.29, 1.82) is 0 Å². The number of carbonyl (C=O) groups is 1. The van der Waals surface area contributed by atoms with Crippen LogP contribution in [0.2, 0.25) is 4.34 Å². The van der Waals surface area contributed by atoms with E-state index in [0.29, 0.717) is 4.34 Å². The zero-order chi connectivity index (χ0) is 17.9. The minimum atomic E-state index is -0.383. The number of halogens is 1. The van der Waals surface area contributed by atoms with Gasteiger partial charge in [-0.1, -0.05) is 54.1 Å². The fourth-order valence-electron chi connectivity index (χ4n) is 2.60. The number of rotatable bonds is 4. The van der Waals surface area contributed by atoms with Gasteiger partial charge in [-0.05, 0) is 29.0 Å². The molecule has 128 valence electrons. The van der Waals surface area contributed by atoms with Crippen LogP contribution in [0.15, 0.2) is 65.8 Å². The fourth-order valence-corrected chi connectivity index (χ4v) is 3.61. The van der Waals surface area contributed by atoms with E-state index in [0.717, 1.165) is 26.9 Å². The molecule has 0 aliphatic heterocycles. The summed E-state index contributed by atoms with van der Waals surface area (Å²) in [6.45, 7) is 0. The Morgan fingerprint density at radius 3 is 2.85 bits per heavy atom. The van der Waals surface area contributed by atoms with Crippen LogP contribution in [0.5, 0.6) is 0 Å². The van der Waals surface area contributed by atoms with Crippen molar-refractivity contribution in [3.05, 3.63) is 76.3 Å². The van der Waals surface area contributed by atoms with E-state index in [1.165, 1.54) is 11.3 Å². The smallest absolute Gasteiger partial charge is 0.276 e. The van der Waals surface area contributed by atoms with Gasteiger partial charge < -0.3 is 0 Å². The Kier molecular flexibility index (Phi) is 4.51. The number of hydrazone groups is 1. The summed E-state index contributed by atoms with van der Waals surface area (Å²) in [7, 11) is 0. The van der Waals surface area contributed by atoms with Crippen molar-refractivity contribution in [2.75, 3.05) is 0 Å². The van der Waals surface area contributed by atoms with Crippen LogP contribution >= 0.6 is 22.9 Å². The molecule has 26 heavy (non-hydrogen) atoms. The monoisotopic (exact) mass is 380 g/mol. The van der Waals surface area contributed by atoms with Crippen molar-refractivity contribution in [2.24, 2.45) is 5.10 Å². The van der Waals surface area contributed by atoms with Crippen molar-refractivity contribution in [3.8, 4) is 10.6 Å². The van der Waals surface area contributed by atoms with Crippen LogP contribution in [0.3, 0.4) is 0 Å². The molecule has 0 unspecified atom stereocenters. The number of benzene rings is 2. The third-order valence-corrected chi connectivity index (χ3v) is 5.11. The standard InChI is InChI=1S/C19H13ClN4OS/c20-18-9-8-17(26-18)15-10-16(23-22-15)19(25)24-21-11-13-6-3-5-12-4-1-2-7-14(12)13/h1-11H,(H,22,23)(H,24,25)/b21-11-. The van der Waals surface area contributed by atoms with Gasteiger partial charge in [0.05, 0.1) is 21.1 Å². The molecule has 2 aromatic carbocycles. The number of aromatic nitrogens is 2. The molecule has 0 aliphatic carbocycles. The highest BCUT2D eigenvalue weighted by atomic mass is 35.5. The van der Waals surface area contributed by atoms with Gasteiger partial charge in [-0.25, -0.2) is 5.43 Å². The summed E-state index contributed by atoms with van der Waals surface area (Å²) < 4.78 is 0.681. The molecule has 4 rings (SSSR count). The average Bonchev–Trinajstić information content (AvgIpc) is 3.31. The second-order valence-electron chi connectivity index (χ2n) is 5.54. The molecule has 0 fully saturated rings. The lowest BCUT2D eigenvalue weighted by Gasteiger charge is -2.01. The molecule has 2 aromatic heterocycles. The molecule has 0 aliphatic rings. The molecule has 0 atom stereocenters. The highest BCUT2D eigenvalue weighted by Crippen LogP contribution is 2.29. The van der Waals surface area contributed by atoms with Crippen molar-refractivity contribution in [2.45, 2.75) is 0 Å². The number of amides is 1. The number of fused-ring (bicyclic) bond motifs is 1. The van der Waals surface area contributed by atoms with Gasteiger partial charge in [-0.2, -0.15) is 10.2 Å². The number of nitrogens with one attached hydrogen (secondary N) is 2. The number of thiophene rings is 1. The van der Waals surface area contributed by atoms with Crippen LogP contribution < -0.4 is 5.43 Å². The second-order valence-corrected chi connectivity index (χ2v) is 7.25. The number of carbonyl (C=O) groups excluding carboxylic acids is 1. The first-order valence-electron chi connectivity index (χ1n) is 7.83. The van der Waals surface area contributed by atoms with E-state index in [1.807, 2.05) is 48.5 Å². The molecule has 1 amide bonds. The third kappa shape index (κ3) is 3.37. The quantitative estimate of drug-likeness (QED) is 0.397. The summed E-state index contributed by atoms with van der Waals surface area (Å²) in [6.07, 6.45) is 1.63. The summed E-state index contributed by atoms with van der Waals surface area (Å²) in [4.78, 5) is 13.1. The van der Waals surface area contributed by atoms with Gasteiger partial charge in [0.2, 0.25) is 0 Å². The maximum atomic E-state index is 12.2. The van der Waals surface area contributed by atoms with Crippen LogP contribution in [0.25, 0.3) is 21.3 Å². The van der Waals surface area contributed by atoms with E-state index in [4.69, 9.17) is 11.6 Å². The minimum Gasteiger partial charge on any atom is -0.276 e. The van der Waals surface area contributed by atoms with E-state index in [2.05, 4.69) is 20.7 Å². The molecule has 2 heterocycles. The molecule has 0 saturated carbocycles. The average molecular weight is 381 g/mol. The van der Waals surface area contributed by atoms with Crippen molar-refractivity contribution in [1.82, 2.24) is 15.6 Å². The number of H-pyrrole nitrogens is 1. The maximum Gasteiger partial charge on any atom is 0.291 e. The Morgan fingerprint density at radius 2 is 2.00 bits per heavy atom. The number of nitrogens with zero attached hydrogens (tertiary/aromatic N) is 2. The number of hydrogen-bond donors (Lipinski definition) is 2. The third-order valence-electron chi connectivity index (χ3n) is 3.84. The van der Waals surface area contributed by atoms with Crippen LogP contribution in [-0.4, -0.2) is 22.3 Å². The summed E-state index contributed by atoms with van der Waals surface area (Å²) in [6, 6.07) is 19.3. The largest absolute Gasteiger partial charge is 0.291 e. The molecule has 0 saturated heterocycles. The predicted octanol–water partition coefficient (Wildman–Crippen LogP) is 4.71. The topological polar surface area (TPSA) is 70.1 Å². The van der Waals surface area contributed by atoms with Crippen LogP contribution in [0.4, 0.5) is 0 Å². The van der Waals surface area contributed by atoms with Crippen LogP contribution in [0, 0.1) is 0 Å². The van der Waals surface area contributed by atoms with Crippen LogP contribution in [0.1, 0.15) is 16.1 Å². The fraction of sp³-hybridized carbons (Fsp3) is 0. The first-order chi connectivity index (χ1) is 12.7. The van der Waals surface area contributed by atoms with Crippen molar-refractivity contribution >= 4 is 45.8 Å². The summed E-state index contributed by atoms with van der Waals surface area (Å²) in [5.74, 6) is -0.383. The minimum absolute atomic E-state index is 0.264. The molecule has 4 aromatic rings. The highest BCUT2D eigenvalue weighted by Gasteiger charge is 2.12. The van der Waals surface area contributed by atoms with Crippen molar-refractivity contribution < 1.29 is 4.79 Å². The Bertz CT molecular complexity index is 1110. The zero-order valence-corrected chi connectivity index (χ0v) is 15.0. The molecule has 0 spiro atoms. The lowest BCUT2D eigenvalue weighted by molar-refractivity contribution is 0.0950. The Labute approximate surface area is 158 Å². The highest BCUT2D eigenvalue weighted by molar-refractivity contribution is 7.19. The molecule has 2 N–H and O–H groups in total. The molecule has 0 radical (unpaired) electrons. The first kappa shape index (κ1) is 16.5. The molecule has 7 heteroatoms. The van der Waals surface area contributed by atoms with E-state index in [9.17, 15) is 4.79 Å². The zero-order valence-electron chi connectivity index (χ0n) is 13.4. The molecular weight excluding hydrogens is 368 g/mol. The summed E-state index contributed by atoms with van der Waals surface area (Å²) in [5.41, 5.74) is 4.44. The van der Waals surface area contributed by atoms with Gasteiger partial charge in [0, 0.05) is 5.56 Å². The van der Waals surface area contributed by atoms with Gasteiger partial charge in [0.15, 0.2) is 5.69 Å². The van der Waals surface area contributed by atoms with Crippen LogP contribution in [-0.2, 0) is 0 Å². The van der Waals surface area contributed by atoms with E-state index in [1.54, 1.807) is 18.3 Å². The molecular formula is C19H13ClN4OS.